The average molecular weight is 207 g/mol. The normalized spacial score (nSPS) is 28.7. The maximum absolute atomic E-state index is 13.7. The first-order valence-electron chi connectivity index (χ1n) is 5.29. The highest BCUT2D eigenvalue weighted by molar-refractivity contribution is 5.56. The van der Waals surface area contributed by atoms with Gasteiger partial charge in [0.1, 0.15) is 5.82 Å². The van der Waals surface area contributed by atoms with E-state index in [1.165, 1.54) is 6.07 Å². The number of halogens is 1. The van der Waals surface area contributed by atoms with Crippen molar-refractivity contribution in [2.24, 2.45) is 0 Å². The first-order valence-corrected chi connectivity index (χ1v) is 5.29. The summed E-state index contributed by atoms with van der Waals surface area (Å²) in [4.78, 5) is 2.15. The Kier molecular flexibility index (Phi) is 1.85. The topological polar surface area (TPSA) is 41.3 Å². The average Bonchev–Trinajstić information content (AvgIpc) is 2.78. The second kappa shape index (κ2) is 3.10. The first-order chi connectivity index (χ1) is 7.24. The maximum atomic E-state index is 13.7. The summed E-state index contributed by atoms with van der Waals surface area (Å²) >= 11 is 0. The molecule has 2 heterocycles. The van der Waals surface area contributed by atoms with Crippen LogP contribution in [0.3, 0.4) is 0 Å². The number of hydrogen-bond donors (Lipinski definition) is 2. The van der Waals surface area contributed by atoms with E-state index < -0.39 is 0 Å². The van der Waals surface area contributed by atoms with Crippen LogP contribution in [-0.2, 0) is 0 Å². The molecule has 2 atom stereocenters. The summed E-state index contributed by atoms with van der Waals surface area (Å²) in [5.41, 5.74) is 6.71. The molecule has 0 radical (unpaired) electrons. The van der Waals surface area contributed by atoms with Gasteiger partial charge in [-0.3, -0.25) is 0 Å². The van der Waals surface area contributed by atoms with E-state index in [0.717, 1.165) is 19.5 Å². The van der Waals surface area contributed by atoms with E-state index in [1.54, 1.807) is 12.1 Å². The fourth-order valence-electron chi connectivity index (χ4n) is 2.61. The van der Waals surface area contributed by atoms with Crippen molar-refractivity contribution in [2.45, 2.75) is 18.5 Å². The van der Waals surface area contributed by atoms with Crippen molar-refractivity contribution < 1.29 is 4.39 Å². The number of piperazine rings is 1. The van der Waals surface area contributed by atoms with E-state index in [2.05, 4.69) is 10.2 Å². The summed E-state index contributed by atoms with van der Waals surface area (Å²) in [6.07, 6.45) is 1.13. The highest BCUT2D eigenvalue weighted by Crippen LogP contribution is 2.31. The highest BCUT2D eigenvalue weighted by Gasteiger charge is 2.38. The Balaban J connectivity index is 1.93. The highest BCUT2D eigenvalue weighted by atomic mass is 19.1. The molecule has 1 aromatic rings. The van der Waals surface area contributed by atoms with Crippen LogP contribution < -0.4 is 16.0 Å². The van der Waals surface area contributed by atoms with Crippen LogP contribution in [0.15, 0.2) is 18.2 Å². The summed E-state index contributed by atoms with van der Waals surface area (Å²) in [7, 11) is 0. The molecule has 0 saturated carbocycles. The third-order valence-corrected chi connectivity index (χ3v) is 3.34. The van der Waals surface area contributed by atoms with Gasteiger partial charge in [0.05, 0.1) is 5.69 Å². The Morgan fingerprint density at radius 1 is 1.47 bits per heavy atom. The number of benzene rings is 1. The number of nitrogen functional groups attached to an aromatic ring is 1. The van der Waals surface area contributed by atoms with Crippen LogP contribution in [0, 0.1) is 5.82 Å². The Hall–Kier alpha value is -1.29. The summed E-state index contributed by atoms with van der Waals surface area (Å²) in [5, 5.41) is 3.40. The van der Waals surface area contributed by atoms with E-state index >= 15 is 0 Å². The van der Waals surface area contributed by atoms with E-state index in [4.69, 9.17) is 5.73 Å². The van der Waals surface area contributed by atoms with Crippen LogP contribution in [-0.4, -0.2) is 25.2 Å². The quantitative estimate of drug-likeness (QED) is 0.674. The van der Waals surface area contributed by atoms with Crippen LogP contribution in [0.5, 0.6) is 0 Å². The molecule has 2 aliphatic heterocycles. The zero-order valence-corrected chi connectivity index (χ0v) is 8.41. The molecule has 1 aromatic carbocycles. The Bertz CT molecular complexity index is 393. The van der Waals surface area contributed by atoms with Crippen LogP contribution in [0.4, 0.5) is 15.8 Å². The molecule has 2 fully saturated rings. The third kappa shape index (κ3) is 1.36. The minimum Gasteiger partial charge on any atom is -0.399 e. The molecule has 0 amide bonds. The number of nitrogens with two attached hydrogens (primary N) is 1. The first kappa shape index (κ1) is 8.97. The van der Waals surface area contributed by atoms with Crippen LogP contribution in [0.2, 0.25) is 0 Å². The molecular weight excluding hydrogens is 193 g/mol. The molecule has 4 heteroatoms. The molecule has 15 heavy (non-hydrogen) atoms. The molecule has 0 aliphatic carbocycles. The summed E-state index contributed by atoms with van der Waals surface area (Å²) in [6, 6.07) is 5.93. The number of rotatable bonds is 1. The molecule has 3 N–H and O–H groups in total. The fraction of sp³-hybridized carbons (Fsp3) is 0.455. The second-order valence-corrected chi connectivity index (χ2v) is 4.36. The summed E-state index contributed by atoms with van der Waals surface area (Å²) in [6.45, 7) is 1.87. The molecule has 0 unspecified atom stereocenters. The van der Waals surface area contributed by atoms with Gasteiger partial charge in [-0.15, -0.1) is 0 Å². The number of anilines is 2. The number of nitrogens with one attached hydrogen (secondary N) is 1. The molecule has 3 nitrogen and oxygen atoms in total. The Morgan fingerprint density at radius 3 is 2.93 bits per heavy atom. The SMILES string of the molecule is Nc1ccc(N2C[C@@H]3C[C@H]2CN3)c(F)c1. The lowest BCUT2D eigenvalue weighted by Gasteiger charge is -2.29. The minimum absolute atomic E-state index is 0.206. The van der Waals surface area contributed by atoms with Gasteiger partial charge in [0, 0.05) is 30.9 Å². The predicted molar refractivity (Wildman–Crippen MR) is 58.4 cm³/mol. The van der Waals surface area contributed by atoms with Gasteiger partial charge < -0.3 is 16.0 Å². The van der Waals surface area contributed by atoms with E-state index in [9.17, 15) is 4.39 Å². The smallest absolute Gasteiger partial charge is 0.148 e. The van der Waals surface area contributed by atoms with Crippen LogP contribution in [0.1, 0.15) is 6.42 Å². The van der Waals surface area contributed by atoms with E-state index in [1.807, 2.05) is 0 Å². The van der Waals surface area contributed by atoms with Crippen molar-refractivity contribution in [2.75, 3.05) is 23.7 Å². The van der Waals surface area contributed by atoms with Gasteiger partial charge in [0.25, 0.3) is 0 Å². The molecule has 2 bridgehead atoms. The van der Waals surface area contributed by atoms with Crippen molar-refractivity contribution in [3.8, 4) is 0 Å². The van der Waals surface area contributed by atoms with Crippen molar-refractivity contribution in [3.63, 3.8) is 0 Å². The lowest BCUT2D eigenvalue weighted by Crippen LogP contribution is -2.43. The van der Waals surface area contributed by atoms with Crippen LogP contribution >= 0.6 is 0 Å². The fourth-order valence-corrected chi connectivity index (χ4v) is 2.61. The lowest BCUT2D eigenvalue weighted by molar-refractivity contribution is 0.561. The van der Waals surface area contributed by atoms with Gasteiger partial charge in [-0.1, -0.05) is 0 Å². The van der Waals surface area contributed by atoms with Gasteiger partial charge >= 0.3 is 0 Å². The van der Waals surface area contributed by atoms with Crippen molar-refractivity contribution in [3.05, 3.63) is 24.0 Å². The number of fused-ring (bicyclic) bond motifs is 2. The Labute approximate surface area is 88.1 Å². The summed E-state index contributed by atoms with van der Waals surface area (Å²) in [5.74, 6) is -0.206. The van der Waals surface area contributed by atoms with Gasteiger partial charge in [-0.2, -0.15) is 0 Å². The standard InChI is InChI=1S/C11H14FN3/c12-10-3-7(13)1-2-11(10)15-6-8-4-9(15)5-14-8/h1-3,8-9,14H,4-6,13H2/t8-,9-/m0/s1. The van der Waals surface area contributed by atoms with Gasteiger partial charge in [-0.05, 0) is 24.6 Å². The number of hydrogen-bond acceptors (Lipinski definition) is 3. The van der Waals surface area contributed by atoms with Crippen molar-refractivity contribution in [1.29, 1.82) is 0 Å². The largest absolute Gasteiger partial charge is 0.399 e. The molecule has 0 aromatic heterocycles. The van der Waals surface area contributed by atoms with Crippen LogP contribution in [0.25, 0.3) is 0 Å². The van der Waals surface area contributed by atoms with E-state index in [-0.39, 0.29) is 5.82 Å². The second-order valence-electron chi connectivity index (χ2n) is 4.36. The van der Waals surface area contributed by atoms with Crippen molar-refractivity contribution in [1.82, 2.24) is 5.32 Å². The van der Waals surface area contributed by atoms with Gasteiger partial charge in [0.15, 0.2) is 0 Å². The molecule has 2 saturated heterocycles. The number of nitrogens with zero attached hydrogens (tertiary/aromatic N) is 1. The molecular formula is C11H14FN3. The Morgan fingerprint density at radius 2 is 2.33 bits per heavy atom. The predicted octanol–water partition coefficient (Wildman–Crippen LogP) is 0.958. The molecule has 0 spiro atoms. The van der Waals surface area contributed by atoms with Crippen molar-refractivity contribution >= 4 is 11.4 Å². The van der Waals surface area contributed by atoms with Gasteiger partial charge in [0.2, 0.25) is 0 Å². The zero-order chi connectivity index (χ0) is 10.4. The molecule has 3 rings (SSSR count). The zero-order valence-electron chi connectivity index (χ0n) is 8.41. The minimum atomic E-state index is -0.206. The van der Waals surface area contributed by atoms with E-state index in [0.29, 0.717) is 23.5 Å². The lowest BCUT2D eigenvalue weighted by atomic mass is 10.2. The summed E-state index contributed by atoms with van der Waals surface area (Å²) < 4.78 is 13.7. The molecule has 2 aliphatic rings. The van der Waals surface area contributed by atoms with Gasteiger partial charge in [-0.25, -0.2) is 4.39 Å². The third-order valence-electron chi connectivity index (χ3n) is 3.34. The molecule has 80 valence electrons. The monoisotopic (exact) mass is 207 g/mol. The maximum Gasteiger partial charge on any atom is 0.148 e.